The molecule has 6 nitrogen and oxygen atoms in total. The first-order chi connectivity index (χ1) is 11.9. The van der Waals surface area contributed by atoms with Crippen LogP contribution in [0.25, 0.3) is 0 Å². The average Bonchev–Trinajstić information content (AvgIpc) is 2.58. The molecular formula is C18H26O6S. The minimum atomic E-state index is -3.48. The SMILES string of the molecule is CCCC(=O)OC[C@@H](CCS(=O)(=O)c1ccccc1)OC(=O)CCC. The van der Waals surface area contributed by atoms with E-state index in [9.17, 15) is 18.0 Å². The number of carbonyl (C=O) groups is 2. The standard InChI is InChI=1S/C18H26O6S/c1-3-8-17(19)23-14-15(24-18(20)9-4-2)12-13-25(21,22)16-10-6-5-7-11-16/h5-7,10-11,15H,3-4,8-9,12-14H2,1-2H3/t15-/m1/s1. The van der Waals surface area contributed by atoms with Crippen LogP contribution in [0.15, 0.2) is 35.2 Å². The van der Waals surface area contributed by atoms with Crippen molar-refractivity contribution in [2.45, 2.75) is 57.0 Å². The number of carbonyl (C=O) groups excluding carboxylic acids is 2. The number of rotatable bonds is 11. The summed E-state index contributed by atoms with van der Waals surface area (Å²) < 4.78 is 35.0. The van der Waals surface area contributed by atoms with Crippen LogP contribution in [0.1, 0.15) is 46.0 Å². The van der Waals surface area contributed by atoms with Gasteiger partial charge in [-0.25, -0.2) is 8.42 Å². The fourth-order valence-corrected chi connectivity index (χ4v) is 3.50. The molecule has 1 atom stereocenters. The van der Waals surface area contributed by atoms with E-state index in [2.05, 4.69) is 0 Å². The number of sulfone groups is 1. The lowest BCUT2D eigenvalue weighted by Gasteiger charge is -2.18. The molecular weight excluding hydrogens is 344 g/mol. The van der Waals surface area contributed by atoms with E-state index >= 15 is 0 Å². The van der Waals surface area contributed by atoms with Gasteiger partial charge < -0.3 is 9.47 Å². The molecule has 0 saturated carbocycles. The van der Waals surface area contributed by atoms with Gasteiger partial charge in [0.05, 0.1) is 10.6 Å². The zero-order chi connectivity index (χ0) is 18.7. The third-order valence-corrected chi connectivity index (χ3v) is 5.21. The highest BCUT2D eigenvalue weighted by Gasteiger charge is 2.21. The van der Waals surface area contributed by atoms with Gasteiger partial charge in [0.2, 0.25) is 0 Å². The van der Waals surface area contributed by atoms with Crippen molar-refractivity contribution >= 4 is 21.8 Å². The second-order valence-corrected chi connectivity index (χ2v) is 7.82. The Morgan fingerprint density at radius 3 is 2.20 bits per heavy atom. The van der Waals surface area contributed by atoms with Crippen molar-refractivity contribution in [1.82, 2.24) is 0 Å². The van der Waals surface area contributed by atoms with Crippen LogP contribution in [-0.4, -0.2) is 38.8 Å². The Balaban J connectivity index is 2.68. The van der Waals surface area contributed by atoms with Gasteiger partial charge in [0.25, 0.3) is 0 Å². The molecule has 0 saturated heterocycles. The maximum atomic E-state index is 12.3. The minimum absolute atomic E-state index is 0.0755. The Morgan fingerprint density at radius 1 is 1.00 bits per heavy atom. The summed E-state index contributed by atoms with van der Waals surface area (Å²) in [5, 5.41) is 0. The molecule has 7 heteroatoms. The van der Waals surface area contributed by atoms with Crippen LogP contribution in [0.2, 0.25) is 0 Å². The summed E-state index contributed by atoms with van der Waals surface area (Å²) in [6, 6.07) is 8.08. The first-order valence-corrected chi connectivity index (χ1v) is 10.2. The molecule has 0 aliphatic heterocycles. The van der Waals surface area contributed by atoms with Crippen molar-refractivity contribution in [3.8, 4) is 0 Å². The van der Waals surface area contributed by atoms with Gasteiger partial charge >= 0.3 is 11.9 Å². The topological polar surface area (TPSA) is 86.7 Å². The van der Waals surface area contributed by atoms with Crippen molar-refractivity contribution in [1.29, 1.82) is 0 Å². The van der Waals surface area contributed by atoms with Crippen LogP contribution in [-0.2, 0) is 28.9 Å². The molecule has 0 fully saturated rings. The molecule has 1 aromatic rings. The van der Waals surface area contributed by atoms with Gasteiger partial charge in [0.1, 0.15) is 12.7 Å². The molecule has 0 spiro atoms. The van der Waals surface area contributed by atoms with Gasteiger partial charge in [0, 0.05) is 19.3 Å². The molecule has 0 unspecified atom stereocenters. The second kappa shape index (κ2) is 10.9. The normalized spacial score (nSPS) is 12.4. The smallest absolute Gasteiger partial charge is 0.306 e. The van der Waals surface area contributed by atoms with E-state index < -0.39 is 21.9 Å². The third kappa shape index (κ3) is 8.16. The molecule has 0 amide bonds. The Kier molecular flexibility index (Phi) is 9.20. The molecule has 25 heavy (non-hydrogen) atoms. The second-order valence-electron chi connectivity index (χ2n) is 5.72. The van der Waals surface area contributed by atoms with Crippen molar-refractivity contribution in [3.63, 3.8) is 0 Å². The number of ether oxygens (including phenoxy) is 2. The molecule has 1 rings (SSSR count). The molecule has 140 valence electrons. The summed E-state index contributed by atoms with van der Waals surface area (Å²) in [5.41, 5.74) is 0. The van der Waals surface area contributed by atoms with Crippen LogP contribution >= 0.6 is 0 Å². The van der Waals surface area contributed by atoms with Gasteiger partial charge in [0.15, 0.2) is 9.84 Å². The maximum Gasteiger partial charge on any atom is 0.306 e. The number of hydrogen-bond donors (Lipinski definition) is 0. The molecule has 0 radical (unpaired) electrons. The molecule has 0 aromatic heterocycles. The number of benzene rings is 1. The van der Waals surface area contributed by atoms with E-state index in [1.165, 1.54) is 12.1 Å². The highest BCUT2D eigenvalue weighted by molar-refractivity contribution is 7.91. The minimum Gasteiger partial charge on any atom is -0.462 e. The largest absolute Gasteiger partial charge is 0.462 e. The van der Waals surface area contributed by atoms with Gasteiger partial charge in [-0.15, -0.1) is 0 Å². The van der Waals surface area contributed by atoms with Crippen LogP contribution in [0.3, 0.4) is 0 Å². The van der Waals surface area contributed by atoms with E-state index in [4.69, 9.17) is 9.47 Å². The Hall–Kier alpha value is -1.89. The van der Waals surface area contributed by atoms with Crippen LogP contribution < -0.4 is 0 Å². The van der Waals surface area contributed by atoms with E-state index in [0.717, 1.165) is 0 Å². The first kappa shape index (κ1) is 21.2. The molecule has 0 aliphatic rings. The van der Waals surface area contributed by atoms with Crippen molar-refractivity contribution in [3.05, 3.63) is 30.3 Å². The zero-order valence-corrected chi connectivity index (χ0v) is 15.6. The fourth-order valence-electron chi connectivity index (χ4n) is 2.12. The van der Waals surface area contributed by atoms with E-state index in [-0.39, 0.29) is 42.5 Å². The Bertz CT molecular complexity index is 639. The van der Waals surface area contributed by atoms with Gasteiger partial charge in [-0.05, 0) is 25.0 Å². The van der Waals surface area contributed by atoms with E-state index in [0.29, 0.717) is 12.8 Å². The first-order valence-electron chi connectivity index (χ1n) is 8.52. The summed E-state index contributed by atoms with van der Waals surface area (Å²) in [7, 11) is -3.48. The lowest BCUT2D eigenvalue weighted by atomic mass is 10.3. The zero-order valence-electron chi connectivity index (χ0n) is 14.8. The fraction of sp³-hybridized carbons (Fsp3) is 0.556. The van der Waals surface area contributed by atoms with Crippen molar-refractivity contribution in [2.75, 3.05) is 12.4 Å². The monoisotopic (exact) mass is 370 g/mol. The summed E-state index contributed by atoms with van der Waals surface area (Å²) in [4.78, 5) is 23.4. The lowest BCUT2D eigenvalue weighted by molar-refractivity contribution is -0.159. The van der Waals surface area contributed by atoms with Crippen LogP contribution in [0, 0.1) is 0 Å². The van der Waals surface area contributed by atoms with Gasteiger partial charge in [-0.1, -0.05) is 32.0 Å². The number of hydrogen-bond acceptors (Lipinski definition) is 6. The van der Waals surface area contributed by atoms with E-state index in [1.807, 2.05) is 13.8 Å². The highest BCUT2D eigenvalue weighted by Crippen LogP contribution is 2.14. The molecule has 1 aromatic carbocycles. The molecule has 0 N–H and O–H groups in total. The lowest BCUT2D eigenvalue weighted by Crippen LogP contribution is -2.27. The Morgan fingerprint density at radius 2 is 1.60 bits per heavy atom. The summed E-state index contributed by atoms with van der Waals surface area (Å²) in [5.74, 6) is -0.993. The quantitative estimate of drug-likeness (QED) is 0.557. The Labute approximate surface area is 149 Å². The maximum absolute atomic E-state index is 12.3. The van der Waals surface area contributed by atoms with Crippen molar-refractivity contribution < 1.29 is 27.5 Å². The third-order valence-electron chi connectivity index (χ3n) is 3.45. The van der Waals surface area contributed by atoms with Crippen LogP contribution in [0.5, 0.6) is 0 Å². The van der Waals surface area contributed by atoms with Gasteiger partial charge in [-0.3, -0.25) is 9.59 Å². The highest BCUT2D eigenvalue weighted by atomic mass is 32.2. The molecule has 0 bridgehead atoms. The predicted octanol–water partition coefficient (Wildman–Crippen LogP) is 2.91. The van der Waals surface area contributed by atoms with E-state index in [1.54, 1.807) is 18.2 Å². The number of esters is 2. The average molecular weight is 370 g/mol. The summed E-state index contributed by atoms with van der Waals surface area (Å²) in [6.07, 6.45) is 1.11. The van der Waals surface area contributed by atoms with Crippen molar-refractivity contribution in [2.24, 2.45) is 0 Å². The summed E-state index contributed by atoms with van der Waals surface area (Å²) >= 11 is 0. The summed E-state index contributed by atoms with van der Waals surface area (Å²) in [6.45, 7) is 3.57. The van der Waals surface area contributed by atoms with Gasteiger partial charge in [-0.2, -0.15) is 0 Å². The molecule has 0 aliphatic carbocycles. The molecule has 0 heterocycles. The van der Waals surface area contributed by atoms with Crippen LogP contribution in [0.4, 0.5) is 0 Å². The predicted molar refractivity (Wildman–Crippen MR) is 93.8 cm³/mol.